The molecule has 1 heterocycles. The molecule has 94 valence electrons. The van der Waals surface area contributed by atoms with Crippen molar-refractivity contribution in [3.63, 3.8) is 0 Å². The van der Waals surface area contributed by atoms with E-state index in [0.717, 1.165) is 31.1 Å². The Kier molecular flexibility index (Phi) is 3.48. The topological polar surface area (TPSA) is 33.1 Å². The highest BCUT2D eigenvalue weighted by molar-refractivity contribution is 7.09. The van der Waals surface area contributed by atoms with E-state index in [1.165, 1.54) is 42.8 Å². The van der Waals surface area contributed by atoms with E-state index in [4.69, 9.17) is 4.98 Å². The number of thiazole rings is 1. The summed E-state index contributed by atoms with van der Waals surface area (Å²) < 4.78 is 0. The van der Waals surface area contributed by atoms with E-state index in [1.54, 1.807) is 0 Å². The van der Waals surface area contributed by atoms with Gasteiger partial charge in [0.25, 0.3) is 0 Å². The summed E-state index contributed by atoms with van der Waals surface area (Å²) in [5.41, 5.74) is 1.35. The fourth-order valence-electron chi connectivity index (χ4n) is 2.91. The minimum atomic E-state index is -0.0342. The van der Waals surface area contributed by atoms with Gasteiger partial charge in [0.1, 0.15) is 0 Å². The summed E-state index contributed by atoms with van der Waals surface area (Å²) in [6.07, 6.45) is 9.53. The first-order valence-corrected chi connectivity index (χ1v) is 7.81. The van der Waals surface area contributed by atoms with Crippen molar-refractivity contribution < 1.29 is 5.11 Å². The fraction of sp³-hybridized carbons (Fsp3) is 0.786. The Morgan fingerprint density at radius 3 is 2.59 bits per heavy atom. The van der Waals surface area contributed by atoms with Gasteiger partial charge < -0.3 is 5.11 Å². The third-order valence-corrected chi connectivity index (χ3v) is 5.26. The molecule has 3 heteroatoms. The maximum atomic E-state index is 9.50. The average Bonchev–Trinajstić information content (AvgIpc) is 2.67. The van der Waals surface area contributed by atoms with Crippen LogP contribution in [0.15, 0.2) is 5.38 Å². The molecule has 1 aromatic rings. The number of aromatic nitrogens is 1. The molecule has 0 radical (unpaired) electrons. The molecule has 0 saturated heterocycles. The third-order valence-electron chi connectivity index (χ3n) is 4.37. The molecule has 0 spiro atoms. The summed E-state index contributed by atoms with van der Waals surface area (Å²) in [4.78, 5) is 4.80. The fourth-order valence-corrected chi connectivity index (χ4v) is 3.90. The van der Waals surface area contributed by atoms with Gasteiger partial charge in [-0.3, -0.25) is 0 Å². The van der Waals surface area contributed by atoms with Crippen LogP contribution >= 0.6 is 11.3 Å². The highest BCUT2D eigenvalue weighted by Crippen LogP contribution is 2.37. The maximum absolute atomic E-state index is 9.50. The van der Waals surface area contributed by atoms with Gasteiger partial charge in [0.05, 0.1) is 16.8 Å². The minimum absolute atomic E-state index is 0.0342. The Balaban J connectivity index is 1.55. The van der Waals surface area contributed by atoms with Gasteiger partial charge in [0.15, 0.2) is 0 Å². The molecule has 2 aliphatic rings. The van der Waals surface area contributed by atoms with Gasteiger partial charge in [-0.1, -0.05) is 6.42 Å². The molecule has 1 aromatic heterocycles. The summed E-state index contributed by atoms with van der Waals surface area (Å²) in [5.74, 6) is 1.53. The summed E-state index contributed by atoms with van der Waals surface area (Å²) in [5, 5.41) is 13.1. The monoisotopic (exact) mass is 251 g/mol. The first-order chi connectivity index (χ1) is 8.31. The zero-order chi connectivity index (χ0) is 11.7. The number of aliphatic hydroxyl groups is 1. The van der Waals surface area contributed by atoms with E-state index >= 15 is 0 Å². The van der Waals surface area contributed by atoms with Gasteiger partial charge in [-0.05, 0) is 44.4 Å². The van der Waals surface area contributed by atoms with Gasteiger partial charge in [0, 0.05) is 17.7 Å². The van der Waals surface area contributed by atoms with Crippen molar-refractivity contribution in [3.05, 3.63) is 16.1 Å². The van der Waals surface area contributed by atoms with Crippen molar-refractivity contribution in [1.29, 1.82) is 0 Å². The molecular formula is C14H21NOS. The summed E-state index contributed by atoms with van der Waals surface area (Å²) in [6.45, 7) is 0. The van der Waals surface area contributed by atoms with Crippen molar-refractivity contribution in [2.45, 2.75) is 63.4 Å². The second kappa shape index (κ2) is 5.07. The molecular weight excluding hydrogens is 230 g/mol. The highest BCUT2D eigenvalue weighted by atomic mass is 32.1. The maximum Gasteiger partial charge on any atom is 0.0931 e. The molecule has 3 rings (SSSR count). The van der Waals surface area contributed by atoms with Crippen molar-refractivity contribution >= 4 is 11.3 Å². The number of nitrogens with zero attached hydrogens (tertiary/aromatic N) is 1. The van der Waals surface area contributed by atoms with E-state index in [1.807, 2.05) is 11.3 Å². The van der Waals surface area contributed by atoms with E-state index in [-0.39, 0.29) is 6.10 Å². The van der Waals surface area contributed by atoms with Crippen LogP contribution in [0.2, 0.25) is 0 Å². The quantitative estimate of drug-likeness (QED) is 0.892. The Morgan fingerprint density at radius 2 is 1.94 bits per heavy atom. The smallest absolute Gasteiger partial charge is 0.0931 e. The molecule has 17 heavy (non-hydrogen) atoms. The first-order valence-electron chi connectivity index (χ1n) is 6.93. The van der Waals surface area contributed by atoms with Crippen LogP contribution in [0.5, 0.6) is 0 Å². The van der Waals surface area contributed by atoms with E-state index in [0.29, 0.717) is 0 Å². The van der Waals surface area contributed by atoms with Gasteiger partial charge in [0.2, 0.25) is 0 Å². The molecule has 0 aliphatic heterocycles. The summed E-state index contributed by atoms with van der Waals surface area (Å²) >= 11 is 1.85. The van der Waals surface area contributed by atoms with Crippen LogP contribution in [0, 0.1) is 5.92 Å². The number of rotatable bonds is 3. The van der Waals surface area contributed by atoms with Crippen LogP contribution in [0.25, 0.3) is 0 Å². The number of hydrogen-bond donors (Lipinski definition) is 1. The highest BCUT2D eigenvalue weighted by Gasteiger charge is 2.24. The molecule has 2 nitrogen and oxygen atoms in total. The van der Waals surface area contributed by atoms with E-state index in [2.05, 4.69) is 5.38 Å². The molecule has 0 atom stereocenters. The zero-order valence-electron chi connectivity index (χ0n) is 10.3. The molecule has 0 unspecified atom stereocenters. The van der Waals surface area contributed by atoms with Crippen LogP contribution < -0.4 is 0 Å². The Hall–Kier alpha value is -0.410. The van der Waals surface area contributed by atoms with Gasteiger partial charge in [-0.15, -0.1) is 11.3 Å². The Morgan fingerprint density at radius 1 is 1.18 bits per heavy atom. The minimum Gasteiger partial charge on any atom is -0.393 e. The predicted molar refractivity (Wildman–Crippen MR) is 70.4 cm³/mol. The van der Waals surface area contributed by atoms with Crippen LogP contribution in [0.1, 0.15) is 61.6 Å². The average molecular weight is 251 g/mol. The lowest BCUT2D eigenvalue weighted by Crippen LogP contribution is -2.19. The van der Waals surface area contributed by atoms with Crippen LogP contribution in [0.3, 0.4) is 0 Å². The molecule has 1 N–H and O–H groups in total. The lowest BCUT2D eigenvalue weighted by atomic mass is 9.83. The summed E-state index contributed by atoms with van der Waals surface area (Å²) in [7, 11) is 0. The second-order valence-corrected chi connectivity index (χ2v) is 6.62. The molecule has 2 fully saturated rings. The summed E-state index contributed by atoms with van der Waals surface area (Å²) in [6, 6.07) is 0. The van der Waals surface area contributed by atoms with Crippen molar-refractivity contribution in [2.75, 3.05) is 0 Å². The SMILES string of the molecule is OC1CCC(Cc2nc(C3CCC3)cs2)CC1. The van der Waals surface area contributed by atoms with Crippen molar-refractivity contribution in [3.8, 4) is 0 Å². The van der Waals surface area contributed by atoms with E-state index < -0.39 is 0 Å². The largest absolute Gasteiger partial charge is 0.393 e. The third kappa shape index (κ3) is 2.71. The Bertz CT molecular complexity index is 364. The lowest BCUT2D eigenvalue weighted by molar-refractivity contribution is 0.108. The number of aliphatic hydroxyl groups excluding tert-OH is 1. The second-order valence-electron chi connectivity index (χ2n) is 5.67. The molecule has 0 amide bonds. The van der Waals surface area contributed by atoms with Crippen LogP contribution in [-0.2, 0) is 6.42 Å². The molecule has 2 saturated carbocycles. The molecule has 0 bridgehead atoms. The van der Waals surface area contributed by atoms with Crippen LogP contribution in [-0.4, -0.2) is 16.2 Å². The first kappa shape index (κ1) is 11.7. The standard InChI is InChI=1S/C14H21NOS/c16-12-6-4-10(5-7-12)8-14-15-13(9-17-14)11-2-1-3-11/h9-12,16H,1-8H2. The van der Waals surface area contributed by atoms with Gasteiger partial charge in [-0.25, -0.2) is 4.98 Å². The van der Waals surface area contributed by atoms with Gasteiger partial charge >= 0.3 is 0 Å². The Labute approximate surface area is 107 Å². The van der Waals surface area contributed by atoms with Gasteiger partial charge in [-0.2, -0.15) is 0 Å². The van der Waals surface area contributed by atoms with Crippen molar-refractivity contribution in [1.82, 2.24) is 4.98 Å². The van der Waals surface area contributed by atoms with Crippen molar-refractivity contribution in [2.24, 2.45) is 5.92 Å². The normalized spacial score (nSPS) is 30.2. The van der Waals surface area contributed by atoms with Crippen LogP contribution in [0.4, 0.5) is 0 Å². The van der Waals surface area contributed by atoms with E-state index in [9.17, 15) is 5.11 Å². The predicted octanol–water partition coefficient (Wildman–Crippen LogP) is 3.50. The lowest BCUT2D eigenvalue weighted by Gasteiger charge is -2.25. The number of hydrogen-bond acceptors (Lipinski definition) is 3. The molecule has 0 aromatic carbocycles. The zero-order valence-corrected chi connectivity index (χ0v) is 11.1. The molecule has 2 aliphatic carbocycles.